The quantitative estimate of drug-likeness (QED) is 0.769. The first-order valence-corrected chi connectivity index (χ1v) is 7.65. The molecule has 1 aliphatic rings. The van der Waals surface area contributed by atoms with Crippen molar-refractivity contribution in [2.45, 2.75) is 13.3 Å². The molecular formula is C16H27N3O. The van der Waals surface area contributed by atoms with Crippen LogP contribution in [0.25, 0.3) is 0 Å². The second-order valence-electron chi connectivity index (χ2n) is 5.24. The highest BCUT2D eigenvalue weighted by Gasteiger charge is 2.16. The third-order valence-corrected chi connectivity index (χ3v) is 3.87. The summed E-state index contributed by atoms with van der Waals surface area (Å²) in [6, 6.07) is 8.36. The van der Waals surface area contributed by atoms with Crippen LogP contribution in [0.1, 0.15) is 13.3 Å². The van der Waals surface area contributed by atoms with E-state index in [0.29, 0.717) is 0 Å². The van der Waals surface area contributed by atoms with Gasteiger partial charge in [-0.2, -0.15) is 0 Å². The van der Waals surface area contributed by atoms with E-state index in [1.165, 1.54) is 18.7 Å². The van der Waals surface area contributed by atoms with Crippen LogP contribution in [0.2, 0.25) is 0 Å². The largest absolute Gasteiger partial charge is 0.497 e. The van der Waals surface area contributed by atoms with Crippen LogP contribution in [0, 0.1) is 0 Å². The van der Waals surface area contributed by atoms with E-state index in [4.69, 9.17) is 4.74 Å². The first kappa shape index (κ1) is 15.1. The maximum atomic E-state index is 5.30. The predicted octanol–water partition coefficient (Wildman–Crippen LogP) is 1.82. The van der Waals surface area contributed by atoms with Gasteiger partial charge in [-0.25, -0.2) is 0 Å². The van der Waals surface area contributed by atoms with Gasteiger partial charge in [0.2, 0.25) is 0 Å². The summed E-state index contributed by atoms with van der Waals surface area (Å²) in [5.41, 5.74) is 1.27. The molecule has 1 aliphatic heterocycles. The monoisotopic (exact) mass is 277 g/mol. The average Bonchev–Trinajstić information content (AvgIpc) is 2.52. The molecule has 4 heteroatoms. The zero-order valence-electron chi connectivity index (χ0n) is 12.8. The number of piperazine rings is 1. The van der Waals surface area contributed by atoms with E-state index in [1.807, 2.05) is 6.07 Å². The van der Waals surface area contributed by atoms with Gasteiger partial charge in [0.05, 0.1) is 7.11 Å². The average molecular weight is 277 g/mol. The lowest BCUT2D eigenvalue weighted by molar-refractivity contribution is 0.254. The third-order valence-electron chi connectivity index (χ3n) is 3.87. The number of methoxy groups -OCH3 is 1. The summed E-state index contributed by atoms with van der Waals surface area (Å²) in [5.74, 6) is 0.940. The van der Waals surface area contributed by atoms with Crippen molar-refractivity contribution in [3.8, 4) is 5.75 Å². The number of hydrogen-bond donors (Lipinski definition) is 1. The lowest BCUT2D eigenvalue weighted by Crippen LogP contribution is -2.47. The number of nitrogens with zero attached hydrogens (tertiary/aromatic N) is 2. The fourth-order valence-corrected chi connectivity index (χ4v) is 2.64. The molecule has 4 nitrogen and oxygen atoms in total. The number of nitrogens with one attached hydrogen (secondary N) is 1. The first-order chi connectivity index (χ1) is 9.83. The lowest BCUT2D eigenvalue weighted by atomic mass is 10.2. The zero-order chi connectivity index (χ0) is 14.2. The normalized spacial score (nSPS) is 16.4. The highest BCUT2D eigenvalue weighted by molar-refractivity contribution is 5.51. The van der Waals surface area contributed by atoms with E-state index in [0.717, 1.165) is 45.0 Å². The molecule has 0 radical (unpaired) electrons. The van der Waals surface area contributed by atoms with Gasteiger partial charge in [-0.3, -0.25) is 4.90 Å². The van der Waals surface area contributed by atoms with E-state index < -0.39 is 0 Å². The van der Waals surface area contributed by atoms with Gasteiger partial charge in [-0.1, -0.05) is 13.0 Å². The van der Waals surface area contributed by atoms with E-state index in [2.05, 4.69) is 40.2 Å². The summed E-state index contributed by atoms with van der Waals surface area (Å²) in [7, 11) is 1.72. The van der Waals surface area contributed by atoms with Crippen LogP contribution in [-0.4, -0.2) is 57.8 Å². The molecule has 1 N–H and O–H groups in total. The highest BCUT2D eigenvalue weighted by atomic mass is 16.5. The molecule has 0 aliphatic carbocycles. The van der Waals surface area contributed by atoms with Crippen molar-refractivity contribution in [2.24, 2.45) is 0 Å². The topological polar surface area (TPSA) is 27.7 Å². The summed E-state index contributed by atoms with van der Waals surface area (Å²) in [6.45, 7) is 10.1. The van der Waals surface area contributed by atoms with Crippen molar-refractivity contribution in [1.29, 1.82) is 0 Å². The molecule has 0 amide bonds. The Kier molecular flexibility index (Phi) is 6.15. The van der Waals surface area contributed by atoms with Crippen LogP contribution in [0.5, 0.6) is 5.75 Å². The molecule has 1 heterocycles. The van der Waals surface area contributed by atoms with E-state index in [-0.39, 0.29) is 0 Å². The Hall–Kier alpha value is -1.26. The molecule has 112 valence electrons. The minimum Gasteiger partial charge on any atom is -0.497 e. The SMILES string of the molecule is CCNCCCN1CCN(c2cccc(OC)c2)CC1. The minimum atomic E-state index is 0.940. The van der Waals surface area contributed by atoms with Crippen molar-refractivity contribution in [2.75, 3.05) is 57.8 Å². The van der Waals surface area contributed by atoms with Crippen LogP contribution < -0.4 is 15.0 Å². The maximum absolute atomic E-state index is 5.30. The van der Waals surface area contributed by atoms with Gasteiger partial charge in [0.25, 0.3) is 0 Å². The smallest absolute Gasteiger partial charge is 0.120 e. The number of benzene rings is 1. The van der Waals surface area contributed by atoms with Crippen molar-refractivity contribution >= 4 is 5.69 Å². The fraction of sp³-hybridized carbons (Fsp3) is 0.625. The number of hydrogen-bond acceptors (Lipinski definition) is 4. The molecule has 1 aromatic carbocycles. The Balaban J connectivity index is 1.76. The Morgan fingerprint density at radius 1 is 1.20 bits per heavy atom. The summed E-state index contributed by atoms with van der Waals surface area (Å²) < 4.78 is 5.30. The standard InChI is InChI=1S/C16H27N3O/c1-3-17-8-5-9-18-10-12-19(13-11-18)15-6-4-7-16(14-15)20-2/h4,6-7,14,17H,3,5,8-13H2,1-2H3. The molecule has 20 heavy (non-hydrogen) atoms. The molecular weight excluding hydrogens is 250 g/mol. The van der Waals surface area contributed by atoms with Crippen LogP contribution in [0.15, 0.2) is 24.3 Å². The molecule has 1 fully saturated rings. The van der Waals surface area contributed by atoms with Gasteiger partial charge in [-0.05, 0) is 38.2 Å². The van der Waals surface area contributed by atoms with E-state index in [9.17, 15) is 0 Å². The summed E-state index contributed by atoms with van der Waals surface area (Å²) in [4.78, 5) is 5.01. The molecule has 0 aromatic heterocycles. The molecule has 0 spiro atoms. The second kappa shape index (κ2) is 8.12. The molecule has 0 atom stereocenters. The van der Waals surface area contributed by atoms with Gasteiger partial charge in [0.1, 0.15) is 5.75 Å². The molecule has 1 saturated heterocycles. The Morgan fingerprint density at radius 3 is 2.70 bits per heavy atom. The maximum Gasteiger partial charge on any atom is 0.120 e. The van der Waals surface area contributed by atoms with Crippen molar-refractivity contribution in [1.82, 2.24) is 10.2 Å². The van der Waals surface area contributed by atoms with Crippen molar-refractivity contribution in [3.63, 3.8) is 0 Å². The lowest BCUT2D eigenvalue weighted by Gasteiger charge is -2.36. The Labute approximate surface area is 122 Å². The molecule has 0 unspecified atom stereocenters. The van der Waals surface area contributed by atoms with Crippen LogP contribution in [0.3, 0.4) is 0 Å². The van der Waals surface area contributed by atoms with Crippen LogP contribution in [0.4, 0.5) is 5.69 Å². The van der Waals surface area contributed by atoms with Crippen LogP contribution >= 0.6 is 0 Å². The molecule has 2 rings (SSSR count). The Bertz CT molecular complexity index is 389. The number of ether oxygens (including phenoxy) is 1. The predicted molar refractivity (Wildman–Crippen MR) is 84.8 cm³/mol. The minimum absolute atomic E-state index is 0.940. The summed E-state index contributed by atoms with van der Waals surface area (Å²) >= 11 is 0. The zero-order valence-corrected chi connectivity index (χ0v) is 12.8. The number of anilines is 1. The summed E-state index contributed by atoms with van der Waals surface area (Å²) in [5, 5.41) is 3.38. The molecule has 0 bridgehead atoms. The third kappa shape index (κ3) is 4.39. The fourth-order valence-electron chi connectivity index (χ4n) is 2.64. The first-order valence-electron chi connectivity index (χ1n) is 7.65. The van der Waals surface area contributed by atoms with Gasteiger partial charge in [0, 0.05) is 37.9 Å². The van der Waals surface area contributed by atoms with Crippen molar-refractivity contribution < 1.29 is 4.74 Å². The number of rotatable bonds is 7. The van der Waals surface area contributed by atoms with Gasteiger partial charge >= 0.3 is 0 Å². The van der Waals surface area contributed by atoms with Gasteiger partial charge in [-0.15, -0.1) is 0 Å². The summed E-state index contributed by atoms with van der Waals surface area (Å²) in [6.07, 6.45) is 1.24. The highest BCUT2D eigenvalue weighted by Crippen LogP contribution is 2.22. The van der Waals surface area contributed by atoms with Gasteiger partial charge in [0.15, 0.2) is 0 Å². The molecule has 1 aromatic rings. The van der Waals surface area contributed by atoms with E-state index in [1.54, 1.807) is 7.11 Å². The van der Waals surface area contributed by atoms with Crippen LogP contribution in [-0.2, 0) is 0 Å². The molecule has 0 saturated carbocycles. The van der Waals surface area contributed by atoms with E-state index >= 15 is 0 Å². The van der Waals surface area contributed by atoms with Gasteiger partial charge < -0.3 is 15.0 Å². The second-order valence-corrected chi connectivity index (χ2v) is 5.24. The Morgan fingerprint density at radius 2 is 2.00 bits per heavy atom. The van der Waals surface area contributed by atoms with Crippen molar-refractivity contribution in [3.05, 3.63) is 24.3 Å².